The number of alkyl carbamates (subject to hydrolysis) is 1. The number of hydrogen-bond acceptors (Lipinski definition) is 4. The van der Waals surface area contributed by atoms with Gasteiger partial charge in [0.05, 0.1) is 0 Å². The molecule has 0 aliphatic heterocycles. The summed E-state index contributed by atoms with van der Waals surface area (Å²) in [6.07, 6.45) is 0.701. The van der Waals surface area contributed by atoms with Crippen LogP contribution in [0.15, 0.2) is 84.9 Å². The molecule has 0 aliphatic rings. The number of anilines is 1. The van der Waals surface area contributed by atoms with Gasteiger partial charge >= 0.3 is 6.09 Å². The van der Waals surface area contributed by atoms with Gasteiger partial charge in [-0.05, 0) is 62.6 Å². The van der Waals surface area contributed by atoms with Crippen molar-refractivity contribution in [2.45, 2.75) is 45.8 Å². The minimum absolute atomic E-state index is 0.0199. The van der Waals surface area contributed by atoms with Crippen LogP contribution < -0.4 is 16.4 Å². The molecule has 3 amide bonds. The fraction of sp³-hybridized carbons (Fsp3) is 0.250. The number of carbonyl (C=O) groups is 3. The minimum Gasteiger partial charge on any atom is -0.444 e. The third-order valence-corrected chi connectivity index (χ3v) is 4.62. The van der Waals surface area contributed by atoms with E-state index >= 15 is 0 Å². The Kier molecular flexibility index (Phi) is 10.5. The highest BCUT2D eigenvalue weighted by atomic mass is 16.6. The van der Waals surface area contributed by atoms with Gasteiger partial charge in [0.2, 0.25) is 11.8 Å². The van der Waals surface area contributed by atoms with E-state index in [-0.39, 0.29) is 11.8 Å². The average molecular weight is 476 g/mol. The number of carbonyl (C=O) groups excluding carboxylic acids is 3. The first-order valence-electron chi connectivity index (χ1n) is 11.4. The van der Waals surface area contributed by atoms with E-state index < -0.39 is 11.7 Å². The Balaban J connectivity index is 0.000000402. The van der Waals surface area contributed by atoms with Crippen LogP contribution in [0, 0.1) is 0 Å². The lowest BCUT2D eigenvalue weighted by Crippen LogP contribution is -2.32. The van der Waals surface area contributed by atoms with Gasteiger partial charge < -0.3 is 21.1 Å². The predicted molar refractivity (Wildman–Crippen MR) is 138 cm³/mol. The van der Waals surface area contributed by atoms with Crippen LogP contribution in [0.1, 0.15) is 48.7 Å². The van der Waals surface area contributed by atoms with Gasteiger partial charge in [-0.1, -0.05) is 60.7 Å². The van der Waals surface area contributed by atoms with E-state index in [0.29, 0.717) is 24.9 Å². The molecule has 0 saturated carbocycles. The van der Waals surface area contributed by atoms with Gasteiger partial charge in [-0.25, -0.2) is 4.79 Å². The predicted octanol–water partition coefficient (Wildman–Crippen LogP) is 5.07. The molecule has 3 aromatic rings. The number of rotatable bonds is 7. The van der Waals surface area contributed by atoms with Crippen molar-refractivity contribution in [2.24, 2.45) is 5.73 Å². The van der Waals surface area contributed by atoms with E-state index in [9.17, 15) is 14.4 Å². The highest BCUT2D eigenvalue weighted by Crippen LogP contribution is 2.12. The first kappa shape index (κ1) is 27.1. The number of aryl methyl sites for hydroxylation is 1. The summed E-state index contributed by atoms with van der Waals surface area (Å²) in [6.45, 7) is 5.84. The van der Waals surface area contributed by atoms with Crippen LogP contribution in [0.25, 0.3) is 0 Å². The fourth-order valence-corrected chi connectivity index (χ4v) is 2.92. The van der Waals surface area contributed by atoms with Gasteiger partial charge in [-0.2, -0.15) is 0 Å². The summed E-state index contributed by atoms with van der Waals surface area (Å²) < 4.78 is 5.19. The maximum absolute atomic E-state index is 12.0. The summed E-state index contributed by atoms with van der Waals surface area (Å²) in [6, 6.07) is 26.1. The van der Waals surface area contributed by atoms with Crippen LogP contribution in [0.4, 0.5) is 10.5 Å². The summed E-state index contributed by atoms with van der Waals surface area (Å²) >= 11 is 0. The monoisotopic (exact) mass is 475 g/mol. The fourth-order valence-electron chi connectivity index (χ4n) is 2.92. The summed E-state index contributed by atoms with van der Waals surface area (Å²) in [5.41, 5.74) is 7.83. The molecule has 0 aromatic heterocycles. The molecular weight excluding hydrogens is 442 g/mol. The molecular formula is C28H33N3O4. The molecule has 0 spiro atoms. The molecule has 0 saturated heterocycles. The lowest BCUT2D eigenvalue weighted by Gasteiger charge is -2.19. The molecule has 0 fully saturated rings. The topological polar surface area (TPSA) is 111 Å². The SMILES string of the molecule is CC(C)(C)OC(=O)NCc1ccc(NC(=O)CCc2ccccc2)cc1.NC(=O)c1ccccc1. The summed E-state index contributed by atoms with van der Waals surface area (Å²) in [4.78, 5) is 34.1. The molecule has 3 aromatic carbocycles. The van der Waals surface area contributed by atoms with Gasteiger partial charge in [0, 0.05) is 24.2 Å². The Morgan fingerprint density at radius 1 is 0.800 bits per heavy atom. The van der Waals surface area contributed by atoms with E-state index in [4.69, 9.17) is 10.5 Å². The van der Waals surface area contributed by atoms with Crippen LogP contribution in [-0.2, 0) is 22.5 Å². The number of nitrogens with two attached hydrogens (primary N) is 1. The first-order valence-corrected chi connectivity index (χ1v) is 11.4. The lowest BCUT2D eigenvalue weighted by molar-refractivity contribution is -0.116. The molecule has 0 atom stereocenters. The van der Waals surface area contributed by atoms with Crippen molar-refractivity contribution >= 4 is 23.6 Å². The van der Waals surface area contributed by atoms with Gasteiger partial charge in [0.1, 0.15) is 5.60 Å². The van der Waals surface area contributed by atoms with Crippen molar-refractivity contribution in [1.82, 2.24) is 5.32 Å². The molecule has 0 aliphatic carbocycles. The molecule has 0 unspecified atom stereocenters. The smallest absolute Gasteiger partial charge is 0.407 e. The Hall–Kier alpha value is -4.13. The zero-order chi connectivity index (χ0) is 25.7. The Bertz CT molecular complexity index is 1080. The molecule has 184 valence electrons. The maximum Gasteiger partial charge on any atom is 0.407 e. The minimum atomic E-state index is -0.516. The van der Waals surface area contributed by atoms with Crippen molar-refractivity contribution < 1.29 is 19.1 Å². The first-order chi connectivity index (χ1) is 16.6. The van der Waals surface area contributed by atoms with Crippen molar-refractivity contribution in [2.75, 3.05) is 5.32 Å². The Morgan fingerprint density at radius 3 is 1.89 bits per heavy atom. The molecule has 0 heterocycles. The summed E-state index contributed by atoms with van der Waals surface area (Å²) in [7, 11) is 0. The Morgan fingerprint density at radius 2 is 1.37 bits per heavy atom. The molecule has 0 radical (unpaired) electrons. The van der Waals surface area contributed by atoms with Crippen molar-refractivity contribution in [3.8, 4) is 0 Å². The molecule has 3 rings (SSSR count). The highest BCUT2D eigenvalue weighted by molar-refractivity contribution is 5.92. The van der Waals surface area contributed by atoms with E-state index in [1.807, 2.05) is 81.4 Å². The third kappa shape index (κ3) is 11.5. The second-order valence-electron chi connectivity index (χ2n) is 8.82. The molecule has 4 N–H and O–H groups in total. The lowest BCUT2D eigenvalue weighted by atomic mass is 10.1. The summed E-state index contributed by atoms with van der Waals surface area (Å²) in [5, 5.41) is 5.59. The van der Waals surface area contributed by atoms with Crippen LogP contribution in [-0.4, -0.2) is 23.5 Å². The molecule has 7 heteroatoms. The average Bonchev–Trinajstić information content (AvgIpc) is 2.83. The number of hydrogen-bond donors (Lipinski definition) is 3. The second kappa shape index (κ2) is 13.5. The van der Waals surface area contributed by atoms with E-state index in [0.717, 1.165) is 16.8 Å². The van der Waals surface area contributed by atoms with Gasteiger partial charge in [-0.3, -0.25) is 9.59 Å². The summed E-state index contributed by atoms with van der Waals surface area (Å²) in [5.74, 6) is -0.399. The van der Waals surface area contributed by atoms with Crippen molar-refractivity contribution in [3.05, 3.63) is 102 Å². The molecule has 35 heavy (non-hydrogen) atoms. The standard InChI is InChI=1S/C21H26N2O3.C7H7NO/c1-21(2,3)26-20(25)22-15-17-9-12-18(13-10-17)23-19(24)14-11-16-7-5-4-6-8-16;8-7(9)6-4-2-1-3-5-6/h4-10,12-13H,11,14-15H2,1-3H3,(H,22,25)(H,23,24);1-5H,(H2,8,9). The molecule has 7 nitrogen and oxygen atoms in total. The largest absolute Gasteiger partial charge is 0.444 e. The van der Waals surface area contributed by atoms with Crippen LogP contribution in [0.3, 0.4) is 0 Å². The third-order valence-electron chi connectivity index (χ3n) is 4.62. The van der Waals surface area contributed by atoms with Crippen molar-refractivity contribution in [3.63, 3.8) is 0 Å². The Labute approximate surface area is 206 Å². The quantitative estimate of drug-likeness (QED) is 0.443. The van der Waals surface area contributed by atoms with E-state index in [2.05, 4.69) is 10.6 Å². The normalized spacial score (nSPS) is 10.4. The second-order valence-corrected chi connectivity index (χ2v) is 8.82. The van der Waals surface area contributed by atoms with E-state index in [1.54, 1.807) is 24.3 Å². The maximum atomic E-state index is 12.0. The van der Waals surface area contributed by atoms with Crippen LogP contribution in [0.5, 0.6) is 0 Å². The number of primary amides is 1. The van der Waals surface area contributed by atoms with Crippen molar-refractivity contribution in [1.29, 1.82) is 0 Å². The van der Waals surface area contributed by atoms with Gasteiger partial charge in [-0.15, -0.1) is 0 Å². The number of amides is 3. The highest BCUT2D eigenvalue weighted by Gasteiger charge is 2.15. The number of benzene rings is 3. The zero-order valence-electron chi connectivity index (χ0n) is 20.4. The van der Waals surface area contributed by atoms with Gasteiger partial charge in [0.25, 0.3) is 0 Å². The van der Waals surface area contributed by atoms with Crippen LogP contribution in [0.2, 0.25) is 0 Å². The van der Waals surface area contributed by atoms with Gasteiger partial charge in [0.15, 0.2) is 0 Å². The van der Waals surface area contributed by atoms with E-state index in [1.165, 1.54) is 0 Å². The van der Waals surface area contributed by atoms with Crippen LogP contribution >= 0.6 is 0 Å². The zero-order valence-corrected chi connectivity index (χ0v) is 20.4. The molecule has 0 bridgehead atoms. The number of ether oxygens (including phenoxy) is 1. The number of nitrogens with one attached hydrogen (secondary N) is 2.